The van der Waals surface area contributed by atoms with Crippen LogP contribution in [-0.4, -0.2) is 41.3 Å². The normalized spacial score (nSPS) is 9.94. The van der Waals surface area contributed by atoms with Gasteiger partial charge < -0.3 is 10.2 Å². The van der Waals surface area contributed by atoms with Gasteiger partial charge in [-0.1, -0.05) is 0 Å². The Morgan fingerprint density at radius 2 is 2.00 bits per heavy atom. The molecule has 6 heteroatoms. The van der Waals surface area contributed by atoms with E-state index in [0.717, 1.165) is 4.47 Å². The van der Waals surface area contributed by atoms with Crippen LogP contribution in [0, 0.1) is 0 Å². The first-order valence-electron chi connectivity index (χ1n) is 5.76. The minimum atomic E-state index is -0.344. The molecule has 1 rings (SSSR count). The Morgan fingerprint density at radius 1 is 1.33 bits per heavy atom. The highest BCUT2D eigenvalue weighted by atomic mass is 79.9. The number of carbonyl (C=O) groups excluding carboxylic acids is 2. The van der Waals surface area contributed by atoms with Gasteiger partial charge in [-0.25, -0.2) is 4.98 Å². The predicted molar refractivity (Wildman–Crippen MR) is 72.2 cm³/mol. The lowest BCUT2D eigenvalue weighted by Gasteiger charge is -2.18. The molecular formula is C12H16BrN3O2. The highest BCUT2D eigenvalue weighted by molar-refractivity contribution is 9.10. The molecule has 18 heavy (non-hydrogen) atoms. The molecule has 0 fully saturated rings. The van der Waals surface area contributed by atoms with Gasteiger partial charge in [0, 0.05) is 23.8 Å². The van der Waals surface area contributed by atoms with Gasteiger partial charge in [0.15, 0.2) is 0 Å². The van der Waals surface area contributed by atoms with E-state index < -0.39 is 0 Å². The second-order valence-electron chi connectivity index (χ2n) is 3.61. The van der Waals surface area contributed by atoms with E-state index >= 15 is 0 Å². The SMILES string of the molecule is CCN(CC)C(=O)CNC(=O)c1ccc(Br)cn1. The molecule has 98 valence electrons. The summed E-state index contributed by atoms with van der Waals surface area (Å²) in [5.74, 6) is -0.437. The van der Waals surface area contributed by atoms with Gasteiger partial charge in [-0.3, -0.25) is 9.59 Å². The first-order chi connectivity index (χ1) is 8.58. The lowest BCUT2D eigenvalue weighted by Crippen LogP contribution is -2.40. The Balaban J connectivity index is 2.51. The summed E-state index contributed by atoms with van der Waals surface area (Å²) in [5, 5.41) is 2.56. The summed E-state index contributed by atoms with van der Waals surface area (Å²) < 4.78 is 0.804. The van der Waals surface area contributed by atoms with Gasteiger partial charge in [0.05, 0.1) is 6.54 Å². The van der Waals surface area contributed by atoms with Crippen molar-refractivity contribution in [2.24, 2.45) is 0 Å². The van der Waals surface area contributed by atoms with Crippen LogP contribution in [0.1, 0.15) is 24.3 Å². The lowest BCUT2D eigenvalue weighted by molar-refractivity contribution is -0.129. The Kier molecular flexibility index (Phi) is 5.77. The zero-order valence-electron chi connectivity index (χ0n) is 10.4. The van der Waals surface area contributed by atoms with E-state index in [1.165, 1.54) is 0 Å². The first-order valence-corrected chi connectivity index (χ1v) is 6.55. The summed E-state index contributed by atoms with van der Waals surface area (Å²) in [6.07, 6.45) is 1.54. The number of hydrogen-bond acceptors (Lipinski definition) is 3. The highest BCUT2D eigenvalue weighted by Gasteiger charge is 2.12. The molecule has 0 aliphatic heterocycles. The van der Waals surface area contributed by atoms with Crippen molar-refractivity contribution in [1.82, 2.24) is 15.2 Å². The van der Waals surface area contributed by atoms with Crippen LogP contribution in [-0.2, 0) is 4.79 Å². The number of halogens is 1. The molecule has 0 spiro atoms. The minimum Gasteiger partial charge on any atom is -0.342 e. The molecular weight excluding hydrogens is 298 g/mol. The highest BCUT2D eigenvalue weighted by Crippen LogP contribution is 2.07. The fraction of sp³-hybridized carbons (Fsp3) is 0.417. The third kappa shape index (κ3) is 4.10. The summed E-state index contributed by atoms with van der Waals surface area (Å²) in [6.45, 7) is 5.08. The van der Waals surface area contributed by atoms with Crippen LogP contribution in [0.25, 0.3) is 0 Å². The van der Waals surface area contributed by atoms with E-state index in [4.69, 9.17) is 0 Å². The van der Waals surface area contributed by atoms with Gasteiger partial charge >= 0.3 is 0 Å². The van der Waals surface area contributed by atoms with Crippen molar-refractivity contribution >= 4 is 27.7 Å². The number of nitrogens with one attached hydrogen (secondary N) is 1. The molecule has 1 N–H and O–H groups in total. The van der Waals surface area contributed by atoms with E-state index in [1.807, 2.05) is 13.8 Å². The molecule has 0 saturated carbocycles. The largest absolute Gasteiger partial charge is 0.342 e. The molecule has 0 radical (unpaired) electrons. The van der Waals surface area contributed by atoms with Gasteiger partial charge in [0.1, 0.15) is 5.69 Å². The van der Waals surface area contributed by atoms with E-state index in [0.29, 0.717) is 18.8 Å². The zero-order valence-corrected chi connectivity index (χ0v) is 12.0. The number of pyridine rings is 1. The number of amides is 2. The van der Waals surface area contributed by atoms with Gasteiger partial charge in [0.25, 0.3) is 5.91 Å². The lowest BCUT2D eigenvalue weighted by atomic mass is 10.3. The van der Waals surface area contributed by atoms with Crippen molar-refractivity contribution in [3.63, 3.8) is 0 Å². The maximum Gasteiger partial charge on any atom is 0.270 e. The average molecular weight is 314 g/mol. The number of rotatable bonds is 5. The Labute approximate surface area is 115 Å². The molecule has 0 atom stereocenters. The first kappa shape index (κ1) is 14.6. The Morgan fingerprint density at radius 3 is 2.50 bits per heavy atom. The summed E-state index contributed by atoms with van der Waals surface area (Å²) >= 11 is 3.24. The quantitative estimate of drug-likeness (QED) is 0.894. The number of hydrogen-bond donors (Lipinski definition) is 1. The van der Waals surface area contributed by atoms with Crippen LogP contribution in [0.15, 0.2) is 22.8 Å². The van der Waals surface area contributed by atoms with Crippen molar-refractivity contribution in [3.8, 4) is 0 Å². The molecule has 0 aliphatic rings. The second kappa shape index (κ2) is 7.10. The van der Waals surface area contributed by atoms with Crippen molar-refractivity contribution in [2.45, 2.75) is 13.8 Å². The minimum absolute atomic E-state index is 0.00173. The summed E-state index contributed by atoms with van der Waals surface area (Å²) in [4.78, 5) is 29.0. The van der Waals surface area contributed by atoms with Crippen LogP contribution >= 0.6 is 15.9 Å². The number of aromatic nitrogens is 1. The summed E-state index contributed by atoms with van der Waals surface area (Å²) in [7, 11) is 0. The van der Waals surface area contributed by atoms with E-state index in [2.05, 4.69) is 26.2 Å². The Bertz CT molecular complexity index is 416. The van der Waals surface area contributed by atoms with Crippen molar-refractivity contribution in [1.29, 1.82) is 0 Å². The van der Waals surface area contributed by atoms with Crippen molar-refractivity contribution in [3.05, 3.63) is 28.5 Å². The number of likely N-dealkylation sites (N-methyl/N-ethyl adjacent to an activating group) is 1. The zero-order chi connectivity index (χ0) is 13.5. The molecule has 1 heterocycles. The topological polar surface area (TPSA) is 62.3 Å². The number of nitrogens with zero attached hydrogens (tertiary/aromatic N) is 2. The standard InChI is InChI=1S/C12H16BrN3O2/c1-3-16(4-2)11(17)8-15-12(18)10-6-5-9(13)7-14-10/h5-7H,3-4,8H2,1-2H3,(H,15,18). The van der Waals surface area contributed by atoms with Gasteiger partial charge in [-0.2, -0.15) is 0 Å². The maximum atomic E-state index is 11.7. The molecule has 0 aromatic carbocycles. The monoisotopic (exact) mass is 313 g/mol. The fourth-order valence-corrected chi connectivity index (χ4v) is 1.68. The van der Waals surface area contributed by atoms with Gasteiger partial charge in [0.2, 0.25) is 5.91 Å². The molecule has 1 aromatic heterocycles. The van der Waals surface area contributed by atoms with Crippen molar-refractivity contribution in [2.75, 3.05) is 19.6 Å². The predicted octanol–water partition coefficient (Wildman–Crippen LogP) is 1.44. The third-order valence-corrected chi connectivity index (χ3v) is 2.95. The fourth-order valence-electron chi connectivity index (χ4n) is 1.44. The average Bonchev–Trinajstić information content (AvgIpc) is 2.38. The molecule has 0 bridgehead atoms. The van der Waals surface area contributed by atoms with Crippen LogP contribution < -0.4 is 5.32 Å². The van der Waals surface area contributed by atoms with E-state index in [-0.39, 0.29) is 18.4 Å². The van der Waals surface area contributed by atoms with Crippen LogP contribution in [0.3, 0.4) is 0 Å². The molecule has 0 saturated heterocycles. The summed E-state index contributed by atoms with van der Waals surface area (Å²) in [5.41, 5.74) is 0.297. The van der Waals surface area contributed by atoms with E-state index in [1.54, 1.807) is 23.2 Å². The van der Waals surface area contributed by atoms with E-state index in [9.17, 15) is 9.59 Å². The smallest absolute Gasteiger partial charge is 0.270 e. The molecule has 5 nitrogen and oxygen atoms in total. The molecule has 0 aliphatic carbocycles. The van der Waals surface area contributed by atoms with Crippen LogP contribution in [0.2, 0.25) is 0 Å². The van der Waals surface area contributed by atoms with Crippen molar-refractivity contribution < 1.29 is 9.59 Å². The van der Waals surface area contributed by atoms with Crippen LogP contribution in [0.5, 0.6) is 0 Å². The second-order valence-corrected chi connectivity index (χ2v) is 4.53. The maximum absolute atomic E-state index is 11.7. The van der Waals surface area contributed by atoms with Crippen LogP contribution in [0.4, 0.5) is 0 Å². The van der Waals surface area contributed by atoms with Gasteiger partial charge in [-0.15, -0.1) is 0 Å². The Hall–Kier alpha value is -1.43. The molecule has 2 amide bonds. The third-order valence-electron chi connectivity index (χ3n) is 2.48. The molecule has 1 aromatic rings. The summed E-state index contributed by atoms with van der Waals surface area (Å²) in [6, 6.07) is 3.33. The van der Waals surface area contributed by atoms with Gasteiger partial charge in [-0.05, 0) is 41.9 Å². The number of carbonyl (C=O) groups is 2. The molecule has 0 unspecified atom stereocenters.